The summed E-state index contributed by atoms with van der Waals surface area (Å²) in [6.45, 7) is 3.11. The smallest absolute Gasteiger partial charge is 0.0175 e. The molecule has 1 aliphatic heterocycles. The lowest BCUT2D eigenvalue weighted by molar-refractivity contribution is 0.308. The van der Waals surface area contributed by atoms with Crippen molar-refractivity contribution in [2.45, 2.75) is 25.7 Å². The van der Waals surface area contributed by atoms with Crippen molar-refractivity contribution < 1.29 is 0 Å². The van der Waals surface area contributed by atoms with Crippen LogP contribution in [0.5, 0.6) is 0 Å². The van der Waals surface area contributed by atoms with Gasteiger partial charge in [0.1, 0.15) is 0 Å². The SMILES string of the molecule is NCC1=CCC(=CN2CCCCC2)C=C1. The highest BCUT2D eigenvalue weighted by molar-refractivity contribution is 5.35. The van der Waals surface area contributed by atoms with Gasteiger partial charge in [0.15, 0.2) is 0 Å². The lowest BCUT2D eigenvalue weighted by Crippen LogP contribution is -2.24. The van der Waals surface area contributed by atoms with Gasteiger partial charge in [-0.05, 0) is 36.8 Å². The first-order valence-electron chi connectivity index (χ1n) is 5.90. The van der Waals surface area contributed by atoms with Crippen molar-refractivity contribution in [2.24, 2.45) is 5.73 Å². The number of rotatable bonds is 2. The molecule has 2 heteroatoms. The third-order valence-corrected chi connectivity index (χ3v) is 3.09. The normalized spacial score (nSPS) is 24.5. The first-order valence-corrected chi connectivity index (χ1v) is 5.90. The third-order valence-electron chi connectivity index (χ3n) is 3.09. The monoisotopic (exact) mass is 204 g/mol. The summed E-state index contributed by atoms with van der Waals surface area (Å²) in [4.78, 5) is 2.45. The van der Waals surface area contributed by atoms with Crippen LogP contribution in [0.3, 0.4) is 0 Å². The molecular weight excluding hydrogens is 184 g/mol. The van der Waals surface area contributed by atoms with E-state index in [4.69, 9.17) is 5.73 Å². The van der Waals surface area contributed by atoms with Crippen LogP contribution < -0.4 is 5.73 Å². The van der Waals surface area contributed by atoms with Gasteiger partial charge in [-0.1, -0.05) is 18.2 Å². The number of nitrogens with two attached hydrogens (primary N) is 1. The molecule has 0 unspecified atom stereocenters. The third kappa shape index (κ3) is 2.96. The van der Waals surface area contributed by atoms with Crippen molar-refractivity contribution in [2.75, 3.05) is 19.6 Å². The van der Waals surface area contributed by atoms with E-state index in [1.807, 2.05) is 0 Å². The zero-order valence-electron chi connectivity index (χ0n) is 9.28. The van der Waals surface area contributed by atoms with E-state index in [9.17, 15) is 0 Å². The van der Waals surface area contributed by atoms with Crippen molar-refractivity contribution in [1.29, 1.82) is 0 Å². The lowest BCUT2D eigenvalue weighted by atomic mass is 10.0. The second-order valence-electron chi connectivity index (χ2n) is 4.32. The van der Waals surface area contributed by atoms with Gasteiger partial charge in [0, 0.05) is 25.8 Å². The second-order valence-corrected chi connectivity index (χ2v) is 4.32. The highest BCUT2D eigenvalue weighted by Gasteiger charge is 2.07. The van der Waals surface area contributed by atoms with Crippen molar-refractivity contribution in [3.8, 4) is 0 Å². The molecule has 2 rings (SSSR count). The summed E-state index contributed by atoms with van der Waals surface area (Å²) in [5, 5.41) is 0. The standard InChI is InChI=1S/C13H20N2/c14-10-12-4-6-13(7-5-12)11-15-8-2-1-3-9-15/h4-6,11H,1-3,7-10,14H2. The Labute approximate surface area is 92.1 Å². The van der Waals surface area contributed by atoms with E-state index in [1.54, 1.807) is 0 Å². The average Bonchev–Trinajstić information content (AvgIpc) is 2.31. The molecule has 0 saturated carbocycles. The fourth-order valence-corrected chi connectivity index (χ4v) is 2.13. The maximum absolute atomic E-state index is 5.58. The van der Waals surface area contributed by atoms with E-state index in [-0.39, 0.29) is 0 Å². The Bertz CT molecular complexity index is 294. The van der Waals surface area contributed by atoms with E-state index in [2.05, 4.69) is 29.3 Å². The van der Waals surface area contributed by atoms with E-state index < -0.39 is 0 Å². The Morgan fingerprint density at radius 1 is 1.20 bits per heavy atom. The molecule has 82 valence electrons. The van der Waals surface area contributed by atoms with Gasteiger partial charge in [-0.3, -0.25) is 0 Å². The Balaban J connectivity index is 1.92. The summed E-state index contributed by atoms with van der Waals surface area (Å²) < 4.78 is 0. The minimum Gasteiger partial charge on any atom is -0.377 e. The number of piperidine rings is 1. The fourth-order valence-electron chi connectivity index (χ4n) is 2.13. The van der Waals surface area contributed by atoms with Crippen LogP contribution >= 0.6 is 0 Å². The van der Waals surface area contributed by atoms with Crippen LogP contribution in [-0.4, -0.2) is 24.5 Å². The molecule has 1 fully saturated rings. The average molecular weight is 204 g/mol. The van der Waals surface area contributed by atoms with Crippen LogP contribution in [0.2, 0.25) is 0 Å². The summed E-state index contributed by atoms with van der Waals surface area (Å²) in [7, 11) is 0. The molecule has 2 aliphatic rings. The van der Waals surface area contributed by atoms with Crippen LogP contribution in [0.15, 0.2) is 35.6 Å². The molecule has 1 heterocycles. The molecule has 0 aromatic rings. The summed E-state index contributed by atoms with van der Waals surface area (Å²) in [5.41, 5.74) is 8.25. The molecule has 15 heavy (non-hydrogen) atoms. The summed E-state index contributed by atoms with van der Waals surface area (Å²) in [6, 6.07) is 0. The van der Waals surface area contributed by atoms with Gasteiger partial charge >= 0.3 is 0 Å². The van der Waals surface area contributed by atoms with Crippen LogP contribution in [0.25, 0.3) is 0 Å². The van der Waals surface area contributed by atoms with Crippen LogP contribution in [0.4, 0.5) is 0 Å². The highest BCUT2D eigenvalue weighted by atomic mass is 15.1. The molecule has 1 aliphatic carbocycles. The molecule has 2 nitrogen and oxygen atoms in total. The molecule has 2 N–H and O–H groups in total. The molecule has 0 bridgehead atoms. The predicted octanol–water partition coefficient (Wildman–Crippen LogP) is 2.20. The molecular formula is C13H20N2. The predicted molar refractivity (Wildman–Crippen MR) is 64.4 cm³/mol. The maximum atomic E-state index is 5.58. The van der Waals surface area contributed by atoms with Gasteiger partial charge in [0.25, 0.3) is 0 Å². The zero-order chi connectivity index (χ0) is 10.5. The molecule has 1 saturated heterocycles. The highest BCUT2D eigenvalue weighted by Crippen LogP contribution is 2.17. The molecule has 0 amide bonds. The number of nitrogens with zero attached hydrogens (tertiary/aromatic N) is 1. The van der Waals surface area contributed by atoms with Gasteiger partial charge in [-0.25, -0.2) is 0 Å². The molecule has 0 aromatic carbocycles. The van der Waals surface area contributed by atoms with Crippen LogP contribution in [-0.2, 0) is 0 Å². The van der Waals surface area contributed by atoms with Gasteiger partial charge in [0.05, 0.1) is 0 Å². The lowest BCUT2D eigenvalue weighted by Gasteiger charge is -2.26. The molecule has 0 aromatic heterocycles. The molecule has 0 radical (unpaired) electrons. The number of hydrogen-bond donors (Lipinski definition) is 1. The first kappa shape index (κ1) is 10.5. The minimum absolute atomic E-state index is 0.660. The summed E-state index contributed by atoms with van der Waals surface area (Å²) in [6.07, 6.45) is 14.0. The van der Waals surface area contributed by atoms with E-state index >= 15 is 0 Å². The van der Waals surface area contributed by atoms with E-state index in [1.165, 1.54) is 43.5 Å². The fraction of sp³-hybridized carbons (Fsp3) is 0.538. The quantitative estimate of drug-likeness (QED) is 0.747. The Hall–Kier alpha value is -1.02. The topological polar surface area (TPSA) is 29.3 Å². The van der Waals surface area contributed by atoms with Gasteiger partial charge < -0.3 is 10.6 Å². The second kappa shape index (κ2) is 5.17. The number of likely N-dealkylation sites (tertiary alicyclic amines) is 1. The van der Waals surface area contributed by atoms with Gasteiger partial charge in [0.2, 0.25) is 0 Å². The Morgan fingerprint density at radius 3 is 2.60 bits per heavy atom. The maximum Gasteiger partial charge on any atom is 0.0175 e. The number of allylic oxidation sites excluding steroid dienone is 3. The van der Waals surface area contributed by atoms with Crippen molar-refractivity contribution in [3.05, 3.63) is 35.6 Å². The molecule has 0 atom stereocenters. The van der Waals surface area contributed by atoms with Crippen molar-refractivity contribution in [1.82, 2.24) is 4.90 Å². The van der Waals surface area contributed by atoms with Crippen LogP contribution in [0.1, 0.15) is 25.7 Å². The van der Waals surface area contributed by atoms with E-state index in [0.717, 1.165) is 6.42 Å². The minimum atomic E-state index is 0.660. The first-order chi connectivity index (χ1) is 7.38. The van der Waals surface area contributed by atoms with Crippen molar-refractivity contribution in [3.63, 3.8) is 0 Å². The Kier molecular flexibility index (Phi) is 3.62. The van der Waals surface area contributed by atoms with Gasteiger partial charge in [-0.15, -0.1) is 0 Å². The van der Waals surface area contributed by atoms with Crippen molar-refractivity contribution >= 4 is 0 Å². The largest absolute Gasteiger partial charge is 0.377 e. The summed E-state index contributed by atoms with van der Waals surface area (Å²) >= 11 is 0. The zero-order valence-corrected chi connectivity index (χ0v) is 9.28. The summed E-state index contributed by atoms with van der Waals surface area (Å²) in [5.74, 6) is 0. The Morgan fingerprint density at radius 2 is 2.00 bits per heavy atom. The van der Waals surface area contributed by atoms with E-state index in [0.29, 0.717) is 6.54 Å². The van der Waals surface area contributed by atoms with Crippen LogP contribution in [0, 0.1) is 0 Å². The molecule has 0 spiro atoms. The van der Waals surface area contributed by atoms with Gasteiger partial charge in [-0.2, -0.15) is 0 Å². The number of hydrogen-bond acceptors (Lipinski definition) is 2.